The van der Waals surface area contributed by atoms with Gasteiger partial charge in [0.05, 0.1) is 11.2 Å². The zero-order valence-corrected chi connectivity index (χ0v) is 26.8. The Balaban J connectivity index is 1.24. The molecular formula is C44H32N2O. The summed E-state index contributed by atoms with van der Waals surface area (Å²) in [5, 5.41) is 3.42. The van der Waals surface area contributed by atoms with Crippen LogP contribution in [0.2, 0.25) is 0 Å². The number of furan rings is 1. The molecule has 3 heteroatoms. The molecule has 0 radical (unpaired) electrons. The van der Waals surface area contributed by atoms with Crippen molar-refractivity contribution < 1.29 is 4.42 Å². The molecule has 224 valence electrons. The first-order valence-electron chi connectivity index (χ1n) is 16.4. The second-order valence-electron chi connectivity index (χ2n) is 14.2. The van der Waals surface area contributed by atoms with Crippen molar-refractivity contribution in [1.82, 2.24) is 9.97 Å². The number of aromatic nitrogens is 2. The lowest BCUT2D eigenvalue weighted by molar-refractivity contribution is 0.653. The molecule has 0 unspecified atom stereocenters. The summed E-state index contributed by atoms with van der Waals surface area (Å²) in [4.78, 5) is 10.7. The zero-order valence-electron chi connectivity index (χ0n) is 26.8. The van der Waals surface area contributed by atoms with Crippen LogP contribution in [0.3, 0.4) is 0 Å². The fourth-order valence-corrected chi connectivity index (χ4v) is 8.51. The summed E-state index contributed by atoms with van der Waals surface area (Å²) in [6.45, 7) is 9.27. The lowest BCUT2D eigenvalue weighted by Crippen LogP contribution is -2.15. The molecule has 0 atom stereocenters. The third-order valence-electron chi connectivity index (χ3n) is 10.9. The second-order valence-corrected chi connectivity index (χ2v) is 14.2. The molecule has 6 aromatic carbocycles. The van der Waals surface area contributed by atoms with Gasteiger partial charge in [0, 0.05) is 43.7 Å². The van der Waals surface area contributed by atoms with Crippen molar-refractivity contribution in [2.75, 3.05) is 0 Å². The topological polar surface area (TPSA) is 38.9 Å². The van der Waals surface area contributed by atoms with Crippen LogP contribution in [0.1, 0.15) is 49.9 Å². The first kappa shape index (κ1) is 26.7. The van der Waals surface area contributed by atoms with Gasteiger partial charge in [-0.05, 0) is 57.1 Å². The summed E-state index contributed by atoms with van der Waals surface area (Å²) < 4.78 is 6.58. The number of hydrogen-bond acceptors (Lipinski definition) is 3. The smallest absolute Gasteiger partial charge is 0.160 e. The van der Waals surface area contributed by atoms with E-state index in [2.05, 4.69) is 143 Å². The normalized spacial score (nSPS) is 15.1. The SMILES string of the molecule is CC1(C)c2ccc(-c3nc(-c4ccccc4)c4c5c(ccc4n3)C(C)(C)c3ccccc3-5)cc2-c2c1ccc1c2oc2ccccc21. The molecule has 3 nitrogen and oxygen atoms in total. The number of rotatable bonds is 2. The maximum Gasteiger partial charge on any atom is 0.160 e. The highest BCUT2D eigenvalue weighted by atomic mass is 16.3. The highest BCUT2D eigenvalue weighted by Crippen LogP contribution is 2.54. The molecule has 0 fully saturated rings. The fourth-order valence-electron chi connectivity index (χ4n) is 8.51. The van der Waals surface area contributed by atoms with E-state index in [1.54, 1.807) is 0 Å². The van der Waals surface area contributed by atoms with E-state index >= 15 is 0 Å². The maximum absolute atomic E-state index is 6.58. The lowest BCUT2D eigenvalue weighted by Gasteiger charge is -2.22. The maximum atomic E-state index is 6.58. The van der Waals surface area contributed by atoms with Crippen molar-refractivity contribution in [2.24, 2.45) is 0 Å². The van der Waals surface area contributed by atoms with E-state index in [1.165, 1.54) is 44.5 Å². The van der Waals surface area contributed by atoms with Crippen LogP contribution in [0, 0.1) is 0 Å². The molecule has 10 rings (SSSR count). The number of para-hydroxylation sites is 1. The lowest BCUT2D eigenvalue weighted by atomic mass is 9.82. The molecule has 0 saturated heterocycles. The molecule has 2 aliphatic rings. The monoisotopic (exact) mass is 604 g/mol. The highest BCUT2D eigenvalue weighted by Gasteiger charge is 2.39. The Morgan fingerprint density at radius 1 is 0.511 bits per heavy atom. The number of nitrogens with zero attached hydrogens (tertiary/aromatic N) is 2. The Morgan fingerprint density at radius 2 is 1.19 bits per heavy atom. The number of fused-ring (bicyclic) bond motifs is 12. The van der Waals surface area contributed by atoms with Gasteiger partial charge in [-0.15, -0.1) is 0 Å². The van der Waals surface area contributed by atoms with Crippen LogP contribution in [0.15, 0.2) is 126 Å². The summed E-state index contributed by atoms with van der Waals surface area (Å²) in [7, 11) is 0. The predicted octanol–water partition coefficient (Wildman–Crippen LogP) is 11.5. The molecule has 47 heavy (non-hydrogen) atoms. The van der Waals surface area contributed by atoms with Gasteiger partial charge >= 0.3 is 0 Å². The van der Waals surface area contributed by atoms with Crippen LogP contribution >= 0.6 is 0 Å². The summed E-state index contributed by atoms with van der Waals surface area (Å²) in [5.74, 6) is 0.729. The van der Waals surface area contributed by atoms with Crippen LogP contribution in [0.5, 0.6) is 0 Å². The van der Waals surface area contributed by atoms with Crippen molar-refractivity contribution in [1.29, 1.82) is 0 Å². The van der Waals surface area contributed by atoms with Gasteiger partial charge in [0.15, 0.2) is 5.82 Å². The van der Waals surface area contributed by atoms with E-state index in [0.717, 1.165) is 55.5 Å². The Kier molecular flexibility index (Phi) is 5.13. The second kappa shape index (κ2) is 9.04. The average Bonchev–Trinajstić information content (AvgIpc) is 3.67. The summed E-state index contributed by atoms with van der Waals surface area (Å²) in [5.41, 5.74) is 15.8. The standard InChI is InChI=1S/C44H32N2O/c1-43(2)31-16-10-8-15-29(31)37-33(43)22-23-35-39(37)40(25-12-6-5-7-13-25)46-42(45-35)26-18-20-32-30(24-26)38-34(44(32,3)4)21-19-28-27-14-9-11-17-36(27)47-41(28)38/h5-24H,1-4H3. The summed E-state index contributed by atoms with van der Waals surface area (Å²) in [6, 6.07) is 43.5. The minimum Gasteiger partial charge on any atom is -0.455 e. The van der Waals surface area contributed by atoms with E-state index in [0.29, 0.717) is 0 Å². The molecule has 0 spiro atoms. The van der Waals surface area contributed by atoms with E-state index < -0.39 is 0 Å². The average molecular weight is 605 g/mol. The van der Waals surface area contributed by atoms with Gasteiger partial charge in [-0.2, -0.15) is 0 Å². The molecule has 2 aromatic heterocycles. The van der Waals surface area contributed by atoms with Crippen molar-refractivity contribution in [3.63, 3.8) is 0 Å². The van der Waals surface area contributed by atoms with Gasteiger partial charge in [-0.3, -0.25) is 0 Å². The fraction of sp³-hybridized carbons (Fsp3) is 0.136. The van der Waals surface area contributed by atoms with Crippen LogP contribution in [-0.2, 0) is 10.8 Å². The highest BCUT2D eigenvalue weighted by molar-refractivity contribution is 6.12. The minimum atomic E-state index is -0.156. The molecule has 0 aliphatic heterocycles. The first-order chi connectivity index (χ1) is 22.8. The summed E-state index contributed by atoms with van der Waals surface area (Å²) in [6.07, 6.45) is 0. The Morgan fingerprint density at radius 3 is 2.04 bits per heavy atom. The molecule has 0 amide bonds. The molecule has 2 aliphatic carbocycles. The molecular weight excluding hydrogens is 572 g/mol. The third-order valence-corrected chi connectivity index (χ3v) is 10.9. The van der Waals surface area contributed by atoms with Crippen molar-refractivity contribution in [2.45, 2.75) is 38.5 Å². The Hall–Kier alpha value is -5.54. The van der Waals surface area contributed by atoms with Gasteiger partial charge < -0.3 is 4.42 Å². The van der Waals surface area contributed by atoms with E-state index in [1.807, 2.05) is 6.07 Å². The van der Waals surface area contributed by atoms with Crippen LogP contribution in [0.25, 0.3) is 77.7 Å². The van der Waals surface area contributed by atoms with E-state index in [-0.39, 0.29) is 10.8 Å². The van der Waals surface area contributed by atoms with Crippen LogP contribution in [0.4, 0.5) is 0 Å². The van der Waals surface area contributed by atoms with E-state index in [4.69, 9.17) is 14.4 Å². The van der Waals surface area contributed by atoms with Gasteiger partial charge in [-0.1, -0.05) is 131 Å². The quantitative estimate of drug-likeness (QED) is 0.197. The largest absolute Gasteiger partial charge is 0.455 e. The van der Waals surface area contributed by atoms with E-state index in [9.17, 15) is 0 Å². The van der Waals surface area contributed by atoms with Crippen molar-refractivity contribution >= 4 is 32.8 Å². The Bertz CT molecular complexity index is 2620. The minimum absolute atomic E-state index is 0.102. The number of hydrogen-bond donors (Lipinski definition) is 0. The Labute approximate surface area is 273 Å². The van der Waals surface area contributed by atoms with Gasteiger partial charge in [-0.25, -0.2) is 9.97 Å². The molecule has 0 saturated carbocycles. The molecule has 0 bridgehead atoms. The number of benzene rings is 6. The van der Waals surface area contributed by atoms with Crippen molar-refractivity contribution in [3.05, 3.63) is 144 Å². The van der Waals surface area contributed by atoms with Crippen molar-refractivity contribution in [3.8, 4) is 44.9 Å². The van der Waals surface area contributed by atoms with Gasteiger partial charge in [0.1, 0.15) is 11.2 Å². The molecule has 0 N–H and O–H groups in total. The summed E-state index contributed by atoms with van der Waals surface area (Å²) >= 11 is 0. The third kappa shape index (κ3) is 3.46. The van der Waals surface area contributed by atoms with Crippen LogP contribution in [-0.4, -0.2) is 9.97 Å². The zero-order chi connectivity index (χ0) is 31.7. The predicted molar refractivity (Wildman–Crippen MR) is 193 cm³/mol. The molecule has 2 heterocycles. The van der Waals surface area contributed by atoms with Crippen LogP contribution < -0.4 is 0 Å². The first-order valence-corrected chi connectivity index (χ1v) is 16.4. The van der Waals surface area contributed by atoms with Gasteiger partial charge in [0.2, 0.25) is 0 Å². The molecule has 8 aromatic rings. The van der Waals surface area contributed by atoms with Gasteiger partial charge in [0.25, 0.3) is 0 Å².